The lowest BCUT2D eigenvalue weighted by Gasteiger charge is -2.03. The van der Waals surface area contributed by atoms with Gasteiger partial charge in [-0.2, -0.15) is 0 Å². The van der Waals surface area contributed by atoms with Crippen molar-refractivity contribution in [2.45, 2.75) is 26.2 Å². The molecule has 2 aromatic rings. The Kier molecular flexibility index (Phi) is 4.20. The van der Waals surface area contributed by atoms with E-state index >= 15 is 0 Å². The van der Waals surface area contributed by atoms with Crippen molar-refractivity contribution in [3.63, 3.8) is 0 Å². The highest BCUT2D eigenvalue weighted by Crippen LogP contribution is 2.33. The summed E-state index contributed by atoms with van der Waals surface area (Å²) in [6.07, 6.45) is 3.32. The second-order valence-electron chi connectivity index (χ2n) is 4.30. The van der Waals surface area contributed by atoms with Crippen LogP contribution in [0.5, 0.6) is 0 Å². The van der Waals surface area contributed by atoms with Crippen molar-refractivity contribution in [3.8, 4) is 0 Å². The monoisotopic (exact) mass is 262 g/mol. The molecule has 3 N–H and O–H groups in total. The van der Waals surface area contributed by atoms with E-state index in [-0.39, 0.29) is 5.91 Å². The molecule has 1 aromatic carbocycles. The van der Waals surface area contributed by atoms with Crippen LogP contribution in [-0.2, 0) is 0 Å². The van der Waals surface area contributed by atoms with Crippen LogP contribution in [0.3, 0.4) is 0 Å². The fourth-order valence-electron chi connectivity index (χ4n) is 1.89. The van der Waals surface area contributed by atoms with E-state index in [2.05, 4.69) is 12.2 Å². The van der Waals surface area contributed by atoms with Crippen LogP contribution < -0.4 is 11.1 Å². The normalized spacial score (nSPS) is 10.7. The molecule has 0 bridgehead atoms. The molecule has 1 heterocycles. The molecule has 0 fully saturated rings. The summed E-state index contributed by atoms with van der Waals surface area (Å²) in [5.74, 6) is -0.0511. The van der Waals surface area contributed by atoms with Crippen LogP contribution in [0.15, 0.2) is 24.3 Å². The second kappa shape index (κ2) is 5.87. The fraction of sp³-hybridized carbons (Fsp3) is 0.357. The highest BCUT2D eigenvalue weighted by atomic mass is 32.1. The van der Waals surface area contributed by atoms with Gasteiger partial charge in [0.1, 0.15) is 4.88 Å². The minimum Gasteiger partial charge on any atom is -0.397 e. The number of thiophene rings is 1. The zero-order valence-electron chi connectivity index (χ0n) is 10.5. The first-order chi connectivity index (χ1) is 8.74. The van der Waals surface area contributed by atoms with Crippen LogP contribution in [0.4, 0.5) is 5.69 Å². The van der Waals surface area contributed by atoms with E-state index in [1.807, 2.05) is 24.3 Å². The SMILES string of the molecule is CCCCCNC(=O)c1sc2ccccc2c1N. The summed E-state index contributed by atoms with van der Waals surface area (Å²) >= 11 is 1.46. The van der Waals surface area contributed by atoms with Gasteiger partial charge in [0.05, 0.1) is 5.69 Å². The highest BCUT2D eigenvalue weighted by Gasteiger charge is 2.15. The molecule has 0 atom stereocenters. The molecule has 1 aromatic heterocycles. The van der Waals surface area contributed by atoms with Crippen molar-refractivity contribution in [1.82, 2.24) is 5.32 Å². The standard InChI is InChI=1S/C14H18N2OS/c1-2-3-6-9-16-14(17)13-12(15)10-7-4-5-8-11(10)18-13/h4-5,7-8H,2-3,6,9,15H2,1H3,(H,16,17). The third-order valence-corrected chi connectivity index (χ3v) is 4.09. The Hall–Kier alpha value is -1.55. The number of nitrogens with two attached hydrogens (primary N) is 1. The first-order valence-corrected chi connectivity index (χ1v) is 7.11. The number of hydrogen-bond acceptors (Lipinski definition) is 3. The van der Waals surface area contributed by atoms with Crippen LogP contribution in [-0.4, -0.2) is 12.5 Å². The van der Waals surface area contributed by atoms with Crippen molar-refractivity contribution >= 4 is 33.0 Å². The second-order valence-corrected chi connectivity index (χ2v) is 5.36. The minimum absolute atomic E-state index is 0.0511. The zero-order chi connectivity index (χ0) is 13.0. The van der Waals surface area contributed by atoms with E-state index in [0.717, 1.165) is 35.9 Å². The minimum atomic E-state index is -0.0511. The number of carbonyl (C=O) groups excluding carboxylic acids is 1. The number of nitrogen functional groups attached to an aromatic ring is 1. The van der Waals surface area contributed by atoms with Crippen molar-refractivity contribution in [1.29, 1.82) is 0 Å². The molecular formula is C14H18N2OS. The number of carbonyl (C=O) groups is 1. The number of unbranched alkanes of at least 4 members (excludes halogenated alkanes) is 2. The Bertz CT molecular complexity index is 548. The molecule has 0 aliphatic rings. The van der Waals surface area contributed by atoms with Crippen molar-refractivity contribution in [2.24, 2.45) is 0 Å². The van der Waals surface area contributed by atoms with Crippen molar-refractivity contribution in [2.75, 3.05) is 12.3 Å². The highest BCUT2D eigenvalue weighted by molar-refractivity contribution is 7.21. The molecule has 0 saturated carbocycles. The Labute approximate surface area is 111 Å². The fourth-order valence-corrected chi connectivity index (χ4v) is 2.93. The van der Waals surface area contributed by atoms with E-state index in [1.54, 1.807) is 0 Å². The summed E-state index contributed by atoms with van der Waals surface area (Å²) in [5, 5.41) is 3.90. The molecule has 96 valence electrons. The van der Waals surface area contributed by atoms with E-state index in [1.165, 1.54) is 11.3 Å². The molecule has 0 radical (unpaired) electrons. The van der Waals surface area contributed by atoms with Crippen LogP contribution in [0.2, 0.25) is 0 Å². The summed E-state index contributed by atoms with van der Waals surface area (Å²) in [4.78, 5) is 12.6. The Morgan fingerprint density at radius 1 is 1.33 bits per heavy atom. The molecule has 1 amide bonds. The maximum atomic E-state index is 12.0. The van der Waals surface area contributed by atoms with E-state index in [4.69, 9.17) is 5.73 Å². The Morgan fingerprint density at radius 3 is 2.83 bits per heavy atom. The molecule has 3 nitrogen and oxygen atoms in total. The number of rotatable bonds is 5. The van der Waals surface area contributed by atoms with Gasteiger partial charge in [-0.25, -0.2) is 0 Å². The predicted octanol–water partition coefficient (Wildman–Crippen LogP) is 3.40. The predicted molar refractivity (Wildman–Crippen MR) is 78.1 cm³/mol. The summed E-state index contributed by atoms with van der Waals surface area (Å²) < 4.78 is 1.06. The smallest absolute Gasteiger partial charge is 0.263 e. The van der Waals surface area contributed by atoms with E-state index in [0.29, 0.717) is 10.6 Å². The topological polar surface area (TPSA) is 55.1 Å². The maximum absolute atomic E-state index is 12.0. The third-order valence-electron chi connectivity index (χ3n) is 2.91. The van der Waals surface area contributed by atoms with Gasteiger partial charge < -0.3 is 11.1 Å². The molecule has 0 unspecified atom stereocenters. The lowest BCUT2D eigenvalue weighted by atomic mass is 10.2. The number of fused-ring (bicyclic) bond motifs is 1. The Morgan fingerprint density at radius 2 is 2.11 bits per heavy atom. The largest absolute Gasteiger partial charge is 0.397 e. The van der Waals surface area contributed by atoms with Crippen molar-refractivity contribution in [3.05, 3.63) is 29.1 Å². The van der Waals surface area contributed by atoms with Gasteiger partial charge in [-0.1, -0.05) is 38.0 Å². The lowest BCUT2D eigenvalue weighted by Crippen LogP contribution is -2.24. The van der Waals surface area contributed by atoms with Gasteiger partial charge in [0.2, 0.25) is 0 Å². The van der Waals surface area contributed by atoms with Gasteiger partial charge in [-0.05, 0) is 12.5 Å². The van der Waals surface area contributed by atoms with Crippen molar-refractivity contribution < 1.29 is 4.79 Å². The molecule has 2 rings (SSSR count). The molecule has 0 spiro atoms. The van der Waals surface area contributed by atoms with E-state index < -0.39 is 0 Å². The van der Waals surface area contributed by atoms with Gasteiger partial charge in [-0.15, -0.1) is 11.3 Å². The van der Waals surface area contributed by atoms with Gasteiger partial charge >= 0.3 is 0 Å². The van der Waals surface area contributed by atoms with Gasteiger partial charge in [0, 0.05) is 16.6 Å². The molecule has 0 aliphatic carbocycles. The Balaban J connectivity index is 2.10. The van der Waals surface area contributed by atoms with Gasteiger partial charge in [-0.3, -0.25) is 4.79 Å². The number of hydrogen-bond donors (Lipinski definition) is 2. The number of nitrogens with one attached hydrogen (secondary N) is 1. The summed E-state index contributed by atoms with van der Waals surface area (Å²) in [6, 6.07) is 7.84. The summed E-state index contributed by atoms with van der Waals surface area (Å²) in [7, 11) is 0. The van der Waals surface area contributed by atoms with Gasteiger partial charge in [0.15, 0.2) is 0 Å². The molecule has 18 heavy (non-hydrogen) atoms. The number of anilines is 1. The number of benzene rings is 1. The average molecular weight is 262 g/mol. The maximum Gasteiger partial charge on any atom is 0.263 e. The summed E-state index contributed by atoms with van der Waals surface area (Å²) in [6.45, 7) is 2.87. The molecule has 4 heteroatoms. The third kappa shape index (κ3) is 2.64. The quantitative estimate of drug-likeness (QED) is 0.811. The number of amides is 1. The van der Waals surface area contributed by atoms with Crippen LogP contribution in [0, 0.1) is 0 Å². The lowest BCUT2D eigenvalue weighted by molar-refractivity contribution is 0.0958. The molecule has 0 aliphatic heterocycles. The zero-order valence-corrected chi connectivity index (χ0v) is 11.3. The van der Waals surface area contributed by atoms with Crippen LogP contribution in [0.25, 0.3) is 10.1 Å². The average Bonchev–Trinajstić information content (AvgIpc) is 2.73. The molecule has 0 saturated heterocycles. The van der Waals surface area contributed by atoms with Crippen LogP contribution in [0.1, 0.15) is 35.9 Å². The van der Waals surface area contributed by atoms with Gasteiger partial charge in [0.25, 0.3) is 5.91 Å². The first kappa shape index (κ1) is 12.9. The van der Waals surface area contributed by atoms with E-state index in [9.17, 15) is 4.79 Å². The van der Waals surface area contributed by atoms with Crippen LogP contribution >= 0.6 is 11.3 Å². The first-order valence-electron chi connectivity index (χ1n) is 6.29. The molecular weight excluding hydrogens is 244 g/mol. The summed E-state index contributed by atoms with van der Waals surface area (Å²) in [5.41, 5.74) is 6.62.